The average Bonchev–Trinajstić information content (AvgIpc) is 2.94. The molecule has 2 N–H and O–H groups in total. The van der Waals surface area contributed by atoms with E-state index in [1.165, 1.54) is 0 Å². The van der Waals surface area contributed by atoms with Crippen molar-refractivity contribution in [2.45, 2.75) is 38.6 Å². The zero-order valence-corrected chi connectivity index (χ0v) is 14.6. The van der Waals surface area contributed by atoms with Gasteiger partial charge in [-0.15, -0.1) is 0 Å². The first-order chi connectivity index (χ1) is 16.8. The highest BCUT2D eigenvalue weighted by molar-refractivity contribution is 5.82. The summed E-state index contributed by atoms with van der Waals surface area (Å²) in [7, 11) is 1.81. The number of nitrogens with zero attached hydrogens (tertiary/aromatic N) is 1. The molecule has 2 rings (SSSR count). The molecule has 5 heteroatoms. The molecular weight excluding hydrogens is 292 g/mol. The number of nitrogens with one attached hydrogen (secondary N) is 1. The summed E-state index contributed by atoms with van der Waals surface area (Å²) in [5.74, 6) is 0.419. The number of hydrogen-bond acceptors (Lipinski definition) is 4. The van der Waals surface area contributed by atoms with Crippen LogP contribution in [-0.4, -0.2) is 55.3 Å². The smallest absolute Gasteiger partial charge is 0.240 e. The molecule has 0 unspecified atom stereocenters. The van der Waals surface area contributed by atoms with E-state index in [1.807, 2.05) is 24.1 Å². The van der Waals surface area contributed by atoms with Gasteiger partial charge in [0.15, 0.2) is 0 Å². The largest absolute Gasteiger partial charge is 0.508 e. The molecule has 0 saturated carbocycles. The highest BCUT2D eigenvalue weighted by Gasteiger charge is 2.25. The fourth-order valence-electron chi connectivity index (χ4n) is 2.86. The van der Waals surface area contributed by atoms with Gasteiger partial charge in [-0.05, 0) is 36.1 Å². The Bertz CT molecular complexity index is 580. The third-order valence-electron chi connectivity index (χ3n) is 4.28. The van der Waals surface area contributed by atoms with Gasteiger partial charge in [-0.25, -0.2) is 0 Å². The maximum absolute atomic E-state index is 12.6. The normalized spacial score (nSPS) is 19.2. The Morgan fingerprint density at radius 3 is 2.65 bits per heavy atom. The molecule has 1 atom stereocenters. The molecule has 1 fully saturated rings. The number of morpholine rings is 1. The van der Waals surface area contributed by atoms with Gasteiger partial charge in [-0.2, -0.15) is 0 Å². The van der Waals surface area contributed by atoms with Crippen LogP contribution in [0.25, 0.3) is 0 Å². The SMILES string of the molecule is CN[C@@H](Cc1ccc(O)c(C(C)(C)C)c1)C(=O)N1CCOCC1.[3HH].[3H][3H].[3H][3H].[3H][3H].[3H][3H].[3H][3H].[3H][3H]. The van der Waals surface area contributed by atoms with Crippen molar-refractivity contribution in [2.75, 3.05) is 33.4 Å². The number of ether oxygens (including phenoxy) is 1. The molecule has 1 aromatic carbocycles. The number of rotatable bonds is 4. The number of benzene rings is 1. The lowest BCUT2D eigenvalue weighted by Crippen LogP contribution is -2.50. The molecular formula is C18H42N2O3. The Morgan fingerprint density at radius 1 is 1.43 bits per heavy atom. The van der Waals surface area contributed by atoms with E-state index in [0.29, 0.717) is 38.5 Å². The molecule has 1 amide bonds. The summed E-state index contributed by atoms with van der Waals surface area (Å²) in [5, 5.41) is 13.2. The predicted octanol–water partition coefficient (Wildman–Crippen LogP) is 3.40. The summed E-state index contributed by atoms with van der Waals surface area (Å²) in [4.78, 5) is 14.5. The topological polar surface area (TPSA) is 61.8 Å². The van der Waals surface area contributed by atoms with Gasteiger partial charge in [0.1, 0.15) is 5.75 Å². The summed E-state index contributed by atoms with van der Waals surface area (Å²) in [6, 6.07) is 5.36. The minimum atomic E-state index is -0.259. The quantitative estimate of drug-likeness (QED) is 0.864. The molecule has 0 radical (unpaired) electrons. The Hall–Kier alpha value is -1.59. The Balaban J connectivity index is -0.000000152. The van der Waals surface area contributed by atoms with E-state index in [4.69, 9.17) is 22.6 Å². The summed E-state index contributed by atoms with van der Waals surface area (Å²) < 4.78 is 65.3. The third-order valence-corrected chi connectivity index (χ3v) is 4.28. The van der Waals surface area contributed by atoms with Crippen molar-refractivity contribution in [1.29, 1.82) is 0 Å². The van der Waals surface area contributed by atoms with E-state index in [1.54, 1.807) is 6.07 Å². The first-order valence-electron chi connectivity index (χ1n) is 14.2. The first kappa shape index (κ1) is 11.0. The molecule has 1 aliphatic rings. The second-order valence-electron chi connectivity index (χ2n) is 7.08. The average molecular weight is 361 g/mol. The van der Waals surface area contributed by atoms with E-state index in [-0.39, 0.29) is 18.8 Å². The van der Waals surface area contributed by atoms with Crippen LogP contribution in [-0.2, 0) is 21.4 Å². The monoisotopic (exact) mass is 360 g/mol. The zero-order valence-electron chi connectivity index (χ0n) is 26.6. The van der Waals surface area contributed by atoms with Gasteiger partial charge in [-0.1, -0.05) is 32.9 Å². The fraction of sp³-hybridized carbons (Fsp3) is 0.611. The highest BCUT2D eigenvalue weighted by Crippen LogP contribution is 2.31. The van der Waals surface area contributed by atoms with Crippen LogP contribution < -0.4 is 5.32 Å². The van der Waals surface area contributed by atoms with E-state index < -0.39 is 0 Å². The lowest BCUT2D eigenvalue weighted by molar-refractivity contribution is -0.137. The third kappa shape index (κ3) is 4.45. The number of likely N-dealkylation sites (N-methyl/N-ethyl adjacent to an activating group) is 1. The highest BCUT2D eigenvalue weighted by atomic mass is 16.5. The van der Waals surface area contributed by atoms with Crippen LogP contribution in [0.4, 0.5) is 0 Å². The van der Waals surface area contributed by atoms with Gasteiger partial charge in [0.25, 0.3) is 0 Å². The van der Waals surface area contributed by atoms with E-state index in [2.05, 4.69) is 26.1 Å². The second-order valence-corrected chi connectivity index (χ2v) is 7.08. The number of carbonyl (C=O) groups is 1. The Kier molecular flexibility index (Phi) is 3.52. The van der Waals surface area contributed by atoms with Crippen LogP contribution in [0.1, 0.15) is 51.1 Å². The van der Waals surface area contributed by atoms with Crippen LogP contribution in [0.2, 0.25) is 0 Å². The summed E-state index contributed by atoms with van der Waals surface area (Å²) in [6.45, 7) is 8.73. The van der Waals surface area contributed by atoms with Crippen molar-refractivity contribution in [3.05, 3.63) is 29.3 Å². The van der Waals surface area contributed by atoms with Gasteiger partial charge in [0.2, 0.25) is 5.91 Å². The standard InChI is InChI=1S/C18H28N2O3.7H2/c1-18(2,3)14-11-13(5-6-16(14)21)12-15(19-4)17(22)20-7-9-23-10-8-20;;;;;;;/h5-6,11,15,19,21H,7-10,12H2,1-4H3;7*1H/t15-;;;;;;;/m0......./s1/i;6*1+2T;1+2. The van der Waals surface area contributed by atoms with Gasteiger partial charge < -0.3 is 20.1 Å². The molecule has 0 bridgehead atoms. The van der Waals surface area contributed by atoms with Crippen LogP contribution in [0.5, 0.6) is 5.75 Å². The van der Waals surface area contributed by atoms with Crippen molar-refractivity contribution in [1.82, 2.24) is 10.2 Å². The van der Waals surface area contributed by atoms with E-state index >= 15 is 0 Å². The number of carbonyl (C=O) groups excluding carboxylic acids is 1. The predicted molar refractivity (Wildman–Crippen MR) is 106 cm³/mol. The molecule has 5 nitrogen and oxygen atoms in total. The van der Waals surface area contributed by atoms with Gasteiger partial charge >= 0.3 is 0 Å². The van der Waals surface area contributed by atoms with Crippen molar-refractivity contribution in [3.63, 3.8) is 0 Å². The number of aromatic hydroxyl groups is 1. The van der Waals surface area contributed by atoms with E-state index in [0.717, 1.165) is 11.1 Å². The van der Waals surface area contributed by atoms with Crippen molar-refractivity contribution >= 4 is 5.91 Å². The van der Waals surface area contributed by atoms with Crippen molar-refractivity contribution in [3.8, 4) is 5.75 Å². The first-order valence-corrected chi connectivity index (χ1v) is 8.19. The number of amides is 1. The van der Waals surface area contributed by atoms with Gasteiger partial charge in [-0.3, -0.25) is 4.79 Å². The fourth-order valence-corrected chi connectivity index (χ4v) is 2.86. The Labute approximate surface area is 158 Å². The van der Waals surface area contributed by atoms with Crippen molar-refractivity contribution in [2.24, 2.45) is 0 Å². The van der Waals surface area contributed by atoms with Crippen molar-refractivity contribution < 1.29 is 33.9 Å². The van der Waals surface area contributed by atoms with Gasteiger partial charge in [0, 0.05) is 32.3 Å². The Morgan fingerprint density at radius 2 is 2.09 bits per heavy atom. The van der Waals surface area contributed by atoms with Crippen LogP contribution in [0, 0.1) is 0 Å². The second kappa shape index (κ2) is 7.32. The lowest BCUT2D eigenvalue weighted by atomic mass is 9.84. The minimum absolute atomic E-state index is 0. The van der Waals surface area contributed by atoms with Gasteiger partial charge in [0.05, 0.1) is 19.3 Å². The van der Waals surface area contributed by atoms with E-state index in [9.17, 15) is 9.90 Å². The van der Waals surface area contributed by atoms with Crippen LogP contribution in [0.3, 0.4) is 0 Å². The molecule has 1 aliphatic heterocycles. The summed E-state index contributed by atoms with van der Waals surface area (Å²) in [5.41, 5.74) is 1.82. The molecule has 1 saturated heterocycles. The lowest BCUT2D eigenvalue weighted by Gasteiger charge is -2.30. The molecule has 1 heterocycles. The molecule has 23 heavy (non-hydrogen) atoms. The van der Waals surface area contributed by atoms with Crippen LogP contribution in [0.15, 0.2) is 18.2 Å². The maximum atomic E-state index is 12.6. The molecule has 0 spiro atoms. The zero-order chi connectivity index (χ0) is 29.0. The number of phenolic OH excluding ortho intramolecular Hbond substituents is 1. The summed E-state index contributed by atoms with van der Waals surface area (Å²) in [6.07, 6.45) is 0.607. The van der Waals surface area contributed by atoms with Crippen LogP contribution >= 0.6 is 0 Å². The summed E-state index contributed by atoms with van der Waals surface area (Å²) >= 11 is 0. The number of phenols is 1. The molecule has 142 valence electrons. The molecule has 0 aliphatic carbocycles. The minimum Gasteiger partial charge on any atom is -0.508 e. The number of hydrogen-bond donors (Lipinski definition) is 2. The maximum Gasteiger partial charge on any atom is 0.240 e. The molecule has 1 aromatic rings. The molecule has 0 aromatic heterocycles.